The van der Waals surface area contributed by atoms with Gasteiger partial charge in [-0.15, -0.1) is 0 Å². The van der Waals surface area contributed by atoms with Crippen LogP contribution in [-0.4, -0.2) is 11.9 Å². The number of amides is 1. The van der Waals surface area contributed by atoms with Crippen LogP contribution in [0.15, 0.2) is 59.1 Å². The highest BCUT2D eigenvalue weighted by molar-refractivity contribution is 9.10. The molecule has 3 nitrogen and oxygen atoms in total. The molecule has 0 saturated heterocycles. The quantitative estimate of drug-likeness (QED) is 0.910. The van der Waals surface area contributed by atoms with E-state index in [0.717, 1.165) is 15.7 Å². The maximum atomic E-state index is 12.0. The SMILES string of the molecule is N[C@H](Cc1ccccc1)C(=O)Nc1cccc(Br)c1. The van der Waals surface area contributed by atoms with Crippen LogP contribution in [0.3, 0.4) is 0 Å². The largest absolute Gasteiger partial charge is 0.325 e. The van der Waals surface area contributed by atoms with E-state index in [2.05, 4.69) is 21.2 Å². The van der Waals surface area contributed by atoms with Crippen LogP contribution in [0, 0.1) is 0 Å². The molecule has 2 rings (SSSR count). The summed E-state index contributed by atoms with van der Waals surface area (Å²) in [4.78, 5) is 12.0. The molecule has 19 heavy (non-hydrogen) atoms. The number of anilines is 1. The van der Waals surface area contributed by atoms with Gasteiger partial charge in [-0.25, -0.2) is 0 Å². The Bertz CT molecular complexity index is 557. The lowest BCUT2D eigenvalue weighted by atomic mass is 10.1. The van der Waals surface area contributed by atoms with Gasteiger partial charge in [0.2, 0.25) is 5.91 Å². The van der Waals surface area contributed by atoms with Gasteiger partial charge in [0.1, 0.15) is 0 Å². The topological polar surface area (TPSA) is 55.1 Å². The lowest BCUT2D eigenvalue weighted by Gasteiger charge is -2.12. The smallest absolute Gasteiger partial charge is 0.241 e. The molecule has 0 aliphatic rings. The van der Waals surface area contributed by atoms with Crippen molar-refractivity contribution in [2.45, 2.75) is 12.5 Å². The molecule has 2 aromatic rings. The summed E-state index contributed by atoms with van der Waals surface area (Å²) in [6.45, 7) is 0. The second-order valence-electron chi connectivity index (χ2n) is 4.30. The van der Waals surface area contributed by atoms with Gasteiger partial charge in [-0.1, -0.05) is 52.3 Å². The van der Waals surface area contributed by atoms with Crippen molar-refractivity contribution in [3.63, 3.8) is 0 Å². The number of halogens is 1. The number of benzene rings is 2. The van der Waals surface area contributed by atoms with E-state index in [1.165, 1.54) is 0 Å². The Morgan fingerprint density at radius 1 is 1.16 bits per heavy atom. The van der Waals surface area contributed by atoms with E-state index in [4.69, 9.17) is 5.73 Å². The van der Waals surface area contributed by atoms with E-state index in [9.17, 15) is 4.79 Å². The van der Waals surface area contributed by atoms with E-state index in [0.29, 0.717) is 6.42 Å². The second-order valence-corrected chi connectivity index (χ2v) is 5.21. The van der Waals surface area contributed by atoms with Crippen molar-refractivity contribution < 1.29 is 4.79 Å². The molecule has 4 heteroatoms. The minimum Gasteiger partial charge on any atom is -0.325 e. The highest BCUT2D eigenvalue weighted by Gasteiger charge is 2.14. The van der Waals surface area contributed by atoms with Gasteiger partial charge in [0, 0.05) is 10.2 Å². The van der Waals surface area contributed by atoms with E-state index >= 15 is 0 Å². The van der Waals surface area contributed by atoms with Gasteiger partial charge in [0.25, 0.3) is 0 Å². The molecule has 0 aromatic heterocycles. The van der Waals surface area contributed by atoms with Crippen molar-refractivity contribution >= 4 is 27.5 Å². The summed E-state index contributed by atoms with van der Waals surface area (Å²) in [7, 11) is 0. The Morgan fingerprint density at radius 3 is 2.58 bits per heavy atom. The standard InChI is InChI=1S/C15H15BrN2O/c16-12-7-4-8-13(10-12)18-15(19)14(17)9-11-5-2-1-3-6-11/h1-8,10,14H,9,17H2,(H,18,19)/t14-/m1/s1. The number of nitrogens with one attached hydrogen (secondary N) is 1. The average molecular weight is 319 g/mol. The third-order valence-corrected chi connectivity index (χ3v) is 3.22. The fourth-order valence-electron chi connectivity index (χ4n) is 1.76. The molecule has 0 saturated carbocycles. The monoisotopic (exact) mass is 318 g/mol. The molecule has 0 radical (unpaired) electrons. The van der Waals surface area contributed by atoms with Crippen LogP contribution in [0.25, 0.3) is 0 Å². The number of carbonyl (C=O) groups excluding carboxylic acids is 1. The fraction of sp³-hybridized carbons (Fsp3) is 0.133. The predicted molar refractivity (Wildman–Crippen MR) is 80.9 cm³/mol. The molecule has 0 aliphatic carbocycles. The lowest BCUT2D eigenvalue weighted by Crippen LogP contribution is -2.37. The maximum Gasteiger partial charge on any atom is 0.241 e. The third-order valence-electron chi connectivity index (χ3n) is 2.73. The summed E-state index contributed by atoms with van der Waals surface area (Å²) in [5.41, 5.74) is 7.71. The van der Waals surface area contributed by atoms with Gasteiger partial charge in [-0.3, -0.25) is 4.79 Å². The lowest BCUT2D eigenvalue weighted by molar-refractivity contribution is -0.117. The van der Waals surface area contributed by atoms with Crippen LogP contribution in [0.4, 0.5) is 5.69 Å². The Balaban J connectivity index is 1.96. The minimum atomic E-state index is -0.554. The zero-order valence-corrected chi connectivity index (χ0v) is 11.9. The molecule has 0 aliphatic heterocycles. The van der Waals surface area contributed by atoms with Crippen LogP contribution in [0.1, 0.15) is 5.56 Å². The molecule has 3 N–H and O–H groups in total. The molecule has 0 fully saturated rings. The third kappa shape index (κ3) is 4.19. The number of hydrogen-bond donors (Lipinski definition) is 2. The van der Waals surface area contributed by atoms with Gasteiger partial charge < -0.3 is 11.1 Å². The first-order valence-corrected chi connectivity index (χ1v) is 6.80. The van der Waals surface area contributed by atoms with Crippen molar-refractivity contribution in [2.24, 2.45) is 5.73 Å². The first kappa shape index (κ1) is 13.8. The summed E-state index contributed by atoms with van der Waals surface area (Å²) < 4.78 is 0.918. The van der Waals surface area contributed by atoms with Gasteiger partial charge >= 0.3 is 0 Å². The minimum absolute atomic E-state index is 0.179. The van der Waals surface area contributed by atoms with E-state index < -0.39 is 6.04 Å². The van der Waals surface area contributed by atoms with Crippen LogP contribution in [0.2, 0.25) is 0 Å². The van der Waals surface area contributed by atoms with Gasteiger partial charge in [0.15, 0.2) is 0 Å². The molecule has 0 bridgehead atoms. The highest BCUT2D eigenvalue weighted by Crippen LogP contribution is 2.16. The van der Waals surface area contributed by atoms with Crippen LogP contribution in [0.5, 0.6) is 0 Å². The Labute approximate surface area is 121 Å². The summed E-state index contributed by atoms with van der Waals surface area (Å²) in [6.07, 6.45) is 0.528. The second kappa shape index (κ2) is 6.50. The van der Waals surface area contributed by atoms with Crippen LogP contribution < -0.4 is 11.1 Å². The van der Waals surface area contributed by atoms with Gasteiger partial charge in [-0.2, -0.15) is 0 Å². The van der Waals surface area contributed by atoms with E-state index in [1.807, 2.05) is 54.6 Å². The molecule has 0 heterocycles. The molecule has 1 atom stereocenters. The first-order chi connectivity index (χ1) is 9.15. The molecule has 0 unspecified atom stereocenters. The first-order valence-electron chi connectivity index (χ1n) is 6.01. The van der Waals surface area contributed by atoms with E-state index in [1.54, 1.807) is 0 Å². The van der Waals surface area contributed by atoms with Crippen molar-refractivity contribution in [2.75, 3.05) is 5.32 Å². The molecule has 2 aromatic carbocycles. The van der Waals surface area contributed by atoms with Crippen LogP contribution in [-0.2, 0) is 11.2 Å². The number of rotatable bonds is 4. The molecule has 0 spiro atoms. The van der Waals surface area contributed by atoms with Crippen molar-refractivity contribution in [1.29, 1.82) is 0 Å². The number of hydrogen-bond acceptors (Lipinski definition) is 2. The average Bonchev–Trinajstić information content (AvgIpc) is 2.40. The molecule has 98 valence electrons. The Morgan fingerprint density at radius 2 is 1.89 bits per heavy atom. The van der Waals surface area contributed by atoms with Crippen LogP contribution >= 0.6 is 15.9 Å². The highest BCUT2D eigenvalue weighted by atomic mass is 79.9. The van der Waals surface area contributed by atoms with Crippen molar-refractivity contribution in [3.8, 4) is 0 Å². The Hall–Kier alpha value is -1.65. The molecular weight excluding hydrogens is 304 g/mol. The fourth-order valence-corrected chi connectivity index (χ4v) is 2.16. The maximum absolute atomic E-state index is 12.0. The van der Waals surface area contributed by atoms with Gasteiger partial charge in [0.05, 0.1) is 6.04 Å². The predicted octanol–water partition coefficient (Wildman–Crippen LogP) is 2.96. The Kier molecular flexibility index (Phi) is 4.71. The van der Waals surface area contributed by atoms with E-state index in [-0.39, 0.29) is 5.91 Å². The number of nitrogens with two attached hydrogens (primary N) is 1. The summed E-state index contributed by atoms with van der Waals surface area (Å²) in [5, 5.41) is 2.81. The normalized spacial score (nSPS) is 11.9. The molecular formula is C15H15BrN2O. The zero-order valence-electron chi connectivity index (χ0n) is 10.3. The molecule has 1 amide bonds. The summed E-state index contributed by atoms with van der Waals surface area (Å²) in [6, 6.07) is 16.6. The van der Waals surface area contributed by atoms with Gasteiger partial charge in [-0.05, 0) is 30.2 Å². The van der Waals surface area contributed by atoms with Crippen molar-refractivity contribution in [1.82, 2.24) is 0 Å². The summed E-state index contributed by atoms with van der Waals surface area (Å²) >= 11 is 3.36. The number of carbonyl (C=O) groups is 1. The zero-order chi connectivity index (χ0) is 13.7. The summed E-state index contributed by atoms with van der Waals surface area (Å²) in [5.74, 6) is -0.179. The van der Waals surface area contributed by atoms with Crippen molar-refractivity contribution in [3.05, 3.63) is 64.6 Å².